The Hall–Kier alpha value is -1.56. The third-order valence-electron chi connectivity index (χ3n) is 4.16. The van der Waals surface area contributed by atoms with Gasteiger partial charge in [-0.25, -0.2) is 4.79 Å². The van der Waals surface area contributed by atoms with Crippen molar-refractivity contribution in [2.75, 3.05) is 6.61 Å². The molecule has 112 valence electrons. The van der Waals surface area contributed by atoms with Gasteiger partial charge in [0.2, 0.25) is 0 Å². The van der Waals surface area contributed by atoms with E-state index >= 15 is 0 Å². The number of aliphatic hydroxyl groups excluding tert-OH is 1. The SMILES string of the molecule is C[C@](CO)(NC(=O)NCc1ccon1)C1CCCCC1. The van der Waals surface area contributed by atoms with Gasteiger partial charge in [-0.2, -0.15) is 0 Å². The van der Waals surface area contributed by atoms with Gasteiger partial charge in [0.25, 0.3) is 0 Å². The lowest BCUT2D eigenvalue weighted by Gasteiger charge is -2.39. The number of amides is 2. The molecule has 0 saturated heterocycles. The average molecular weight is 281 g/mol. The van der Waals surface area contributed by atoms with Gasteiger partial charge in [-0.3, -0.25) is 0 Å². The van der Waals surface area contributed by atoms with Gasteiger partial charge in [0.15, 0.2) is 0 Å². The molecule has 0 unspecified atom stereocenters. The van der Waals surface area contributed by atoms with Crippen LogP contribution in [0.1, 0.15) is 44.7 Å². The van der Waals surface area contributed by atoms with Crippen LogP contribution in [-0.2, 0) is 6.54 Å². The first-order valence-corrected chi connectivity index (χ1v) is 7.20. The molecule has 1 aromatic heterocycles. The minimum absolute atomic E-state index is 0.0466. The van der Waals surface area contributed by atoms with Crippen molar-refractivity contribution < 1.29 is 14.4 Å². The zero-order chi connectivity index (χ0) is 14.4. The fourth-order valence-corrected chi connectivity index (χ4v) is 2.81. The van der Waals surface area contributed by atoms with E-state index in [4.69, 9.17) is 4.52 Å². The molecule has 0 aliphatic heterocycles. The second-order valence-corrected chi connectivity index (χ2v) is 5.71. The summed E-state index contributed by atoms with van der Waals surface area (Å²) in [4.78, 5) is 12.0. The number of urea groups is 1. The van der Waals surface area contributed by atoms with Crippen molar-refractivity contribution in [1.82, 2.24) is 15.8 Å². The Bertz CT molecular complexity index is 415. The molecular weight excluding hydrogens is 258 g/mol. The van der Waals surface area contributed by atoms with Crippen molar-refractivity contribution in [3.8, 4) is 0 Å². The summed E-state index contributed by atoms with van der Waals surface area (Å²) >= 11 is 0. The van der Waals surface area contributed by atoms with Crippen molar-refractivity contribution in [3.63, 3.8) is 0 Å². The third kappa shape index (κ3) is 3.72. The van der Waals surface area contributed by atoms with Gasteiger partial charge >= 0.3 is 6.03 Å². The van der Waals surface area contributed by atoms with Crippen LogP contribution in [0.3, 0.4) is 0 Å². The van der Waals surface area contributed by atoms with Gasteiger partial charge in [-0.15, -0.1) is 0 Å². The quantitative estimate of drug-likeness (QED) is 0.768. The van der Waals surface area contributed by atoms with Crippen LogP contribution in [0.2, 0.25) is 0 Å². The van der Waals surface area contributed by atoms with Crippen LogP contribution >= 0.6 is 0 Å². The number of nitrogens with zero attached hydrogens (tertiary/aromatic N) is 1. The van der Waals surface area contributed by atoms with Crippen LogP contribution < -0.4 is 10.6 Å². The predicted octanol–water partition coefficient (Wildman–Crippen LogP) is 1.81. The molecule has 1 atom stereocenters. The van der Waals surface area contributed by atoms with E-state index in [1.54, 1.807) is 6.07 Å². The molecule has 3 N–H and O–H groups in total. The third-order valence-corrected chi connectivity index (χ3v) is 4.16. The van der Waals surface area contributed by atoms with Gasteiger partial charge in [0, 0.05) is 6.07 Å². The monoisotopic (exact) mass is 281 g/mol. The highest BCUT2D eigenvalue weighted by Crippen LogP contribution is 2.32. The van der Waals surface area contributed by atoms with E-state index in [0.717, 1.165) is 12.8 Å². The number of aliphatic hydroxyl groups is 1. The molecule has 2 rings (SSSR count). The maximum absolute atomic E-state index is 12.0. The summed E-state index contributed by atoms with van der Waals surface area (Å²) in [6, 6.07) is 1.42. The number of nitrogens with one attached hydrogen (secondary N) is 2. The van der Waals surface area contributed by atoms with Crippen molar-refractivity contribution in [3.05, 3.63) is 18.0 Å². The second-order valence-electron chi connectivity index (χ2n) is 5.71. The number of rotatable bonds is 5. The van der Waals surface area contributed by atoms with Crippen LogP contribution in [0.25, 0.3) is 0 Å². The molecule has 1 saturated carbocycles. The smallest absolute Gasteiger partial charge is 0.315 e. The summed E-state index contributed by atoms with van der Waals surface area (Å²) in [6.07, 6.45) is 7.16. The summed E-state index contributed by atoms with van der Waals surface area (Å²) in [5, 5.41) is 19.0. The fourth-order valence-electron chi connectivity index (χ4n) is 2.81. The zero-order valence-electron chi connectivity index (χ0n) is 11.9. The first-order valence-electron chi connectivity index (χ1n) is 7.20. The van der Waals surface area contributed by atoms with E-state index in [9.17, 15) is 9.90 Å². The number of hydrogen-bond donors (Lipinski definition) is 3. The van der Waals surface area contributed by atoms with Crippen LogP contribution in [0, 0.1) is 5.92 Å². The molecular formula is C14H23N3O3. The molecule has 6 nitrogen and oxygen atoms in total. The van der Waals surface area contributed by atoms with Gasteiger partial charge < -0.3 is 20.3 Å². The molecule has 20 heavy (non-hydrogen) atoms. The van der Waals surface area contributed by atoms with Crippen molar-refractivity contribution >= 4 is 6.03 Å². The summed E-state index contributed by atoms with van der Waals surface area (Å²) in [6.45, 7) is 2.18. The van der Waals surface area contributed by atoms with Crippen molar-refractivity contribution in [1.29, 1.82) is 0 Å². The Morgan fingerprint density at radius 1 is 1.50 bits per heavy atom. The highest BCUT2D eigenvalue weighted by molar-refractivity contribution is 5.74. The van der Waals surface area contributed by atoms with E-state index in [1.807, 2.05) is 6.92 Å². The van der Waals surface area contributed by atoms with E-state index in [1.165, 1.54) is 25.5 Å². The summed E-state index contributed by atoms with van der Waals surface area (Å²) < 4.78 is 4.70. The molecule has 1 aliphatic carbocycles. The van der Waals surface area contributed by atoms with Gasteiger partial charge in [0.05, 0.1) is 18.7 Å². The molecule has 1 aromatic rings. The lowest BCUT2D eigenvalue weighted by molar-refractivity contribution is 0.101. The van der Waals surface area contributed by atoms with Crippen LogP contribution in [0.15, 0.2) is 16.9 Å². The molecule has 6 heteroatoms. The maximum atomic E-state index is 12.0. The maximum Gasteiger partial charge on any atom is 0.315 e. The Balaban J connectivity index is 1.86. The first kappa shape index (κ1) is 14.8. The minimum atomic E-state index is -0.561. The van der Waals surface area contributed by atoms with Gasteiger partial charge in [0.1, 0.15) is 12.0 Å². The number of carbonyl (C=O) groups excluding carboxylic acids is 1. The molecule has 0 radical (unpaired) electrons. The van der Waals surface area contributed by atoms with E-state index < -0.39 is 5.54 Å². The fraction of sp³-hybridized carbons (Fsp3) is 0.714. The molecule has 0 bridgehead atoms. The van der Waals surface area contributed by atoms with Crippen molar-refractivity contribution in [2.24, 2.45) is 5.92 Å². The molecule has 1 fully saturated rings. The van der Waals surface area contributed by atoms with Crippen LogP contribution in [0.4, 0.5) is 4.79 Å². The second kappa shape index (κ2) is 6.74. The minimum Gasteiger partial charge on any atom is -0.394 e. The topological polar surface area (TPSA) is 87.4 Å². The van der Waals surface area contributed by atoms with Crippen LogP contribution in [0.5, 0.6) is 0 Å². The largest absolute Gasteiger partial charge is 0.394 e. The van der Waals surface area contributed by atoms with Crippen LogP contribution in [-0.4, -0.2) is 28.4 Å². The van der Waals surface area contributed by atoms with E-state index in [2.05, 4.69) is 15.8 Å². The zero-order valence-corrected chi connectivity index (χ0v) is 11.9. The lowest BCUT2D eigenvalue weighted by Crippen LogP contribution is -2.57. The summed E-state index contributed by atoms with van der Waals surface area (Å²) in [5.74, 6) is 0.332. The van der Waals surface area contributed by atoms with Crippen molar-refractivity contribution in [2.45, 2.75) is 51.1 Å². The lowest BCUT2D eigenvalue weighted by atomic mass is 9.76. The number of aromatic nitrogens is 1. The normalized spacial score (nSPS) is 19.3. The Morgan fingerprint density at radius 3 is 2.85 bits per heavy atom. The first-order chi connectivity index (χ1) is 9.64. The van der Waals surface area contributed by atoms with E-state index in [-0.39, 0.29) is 12.6 Å². The number of hydrogen-bond acceptors (Lipinski definition) is 4. The van der Waals surface area contributed by atoms with Gasteiger partial charge in [-0.05, 0) is 25.7 Å². The molecule has 1 heterocycles. The van der Waals surface area contributed by atoms with E-state index in [0.29, 0.717) is 18.2 Å². The standard InChI is InChI=1S/C14H23N3O3/c1-14(10-18,11-5-3-2-4-6-11)16-13(19)15-9-12-7-8-20-17-12/h7-8,11,18H,2-6,9-10H2,1H3,(H2,15,16,19)/t14-/m1/s1. The van der Waals surface area contributed by atoms with Gasteiger partial charge in [-0.1, -0.05) is 24.4 Å². The highest BCUT2D eigenvalue weighted by Gasteiger charge is 2.35. The molecule has 0 aromatic carbocycles. The highest BCUT2D eigenvalue weighted by atomic mass is 16.5. The molecule has 1 aliphatic rings. The Labute approximate surface area is 118 Å². The number of carbonyl (C=O) groups is 1. The predicted molar refractivity (Wildman–Crippen MR) is 73.9 cm³/mol. The summed E-state index contributed by atoms with van der Waals surface area (Å²) in [7, 11) is 0. The average Bonchev–Trinajstić information content (AvgIpc) is 2.99. The molecule has 0 spiro atoms. The summed E-state index contributed by atoms with van der Waals surface area (Å²) in [5.41, 5.74) is 0.109. The Morgan fingerprint density at radius 2 is 2.25 bits per heavy atom. The Kier molecular flexibility index (Phi) is 5.00. The molecule has 2 amide bonds.